The summed E-state index contributed by atoms with van der Waals surface area (Å²) in [5.41, 5.74) is 0. The Bertz CT molecular complexity index is 1180. The third kappa shape index (κ3) is 111. The fraction of sp³-hybridized carbons (Fsp3) is 0.962. The average Bonchev–Trinajstić information content (AvgIpc) is 2.88. The summed E-state index contributed by atoms with van der Waals surface area (Å²) in [6.07, 6.45) is 0. The summed E-state index contributed by atoms with van der Waals surface area (Å²) in [5, 5.41) is 8.38. The van der Waals surface area contributed by atoms with Gasteiger partial charge in [0.15, 0.2) is 0 Å². The van der Waals surface area contributed by atoms with E-state index in [1.807, 2.05) is 6.92 Å². The van der Waals surface area contributed by atoms with Gasteiger partial charge in [-0.25, -0.2) is 16.8 Å². The van der Waals surface area contributed by atoms with E-state index >= 15 is 0 Å². The molecular formula is C26H68Br2F4KN9O8S4+2. The Balaban J connectivity index is -0.0000000640. The van der Waals surface area contributed by atoms with Crippen molar-refractivity contribution < 1.29 is 110 Å². The smallest absolute Gasteiger partial charge is 0.379 e. The normalized spacial score (nSPS) is 11.3. The predicted molar refractivity (Wildman–Crippen MR) is 217 cm³/mol. The van der Waals surface area contributed by atoms with E-state index in [0.717, 1.165) is 31.5 Å². The van der Waals surface area contributed by atoms with E-state index in [0.29, 0.717) is 0 Å². The molecule has 0 spiro atoms. The molecule has 0 rings (SSSR count). The number of rotatable bonds is 15. The molecule has 0 aliphatic rings. The van der Waals surface area contributed by atoms with Crippen molar-refractivity contribution in [3.63, 3.8) is 0 Å². The largest absolute Gasteiger partial charge is 1.00 e. The second-order valence-corrected chi connectivity index (χ2v) is 18.3. The first-order chi connectivity index (χ1) is 22.8. The van der Waals surface area contributed by atoms with Gasteiger partial charge in [0.2, 0.25) is 20.8 Å². The zero-order valence-electron chi connectivity index (χ0n) is 35.1. The molecule has 0 amide bonds. The standard InChI is InChI=1S/2C8H21N2.C6H16N2.C2H5Br.C2H3N.BrH.F2HNO4S2.F2NO4S2.K/c2*1-6-10(4,5)8-7-9(2)3;1-7(2)5-6-8(3)4;2*1-2-3;;2*1-8(4,5)3-9(2,6)7;/h2*6-8H2,1-5H3;5-6H2,1-4H3;2H2,1H3;1H3;1H;3H;;/q2*+1;;;;;;-1;+1. The molecule has 0 atom stereocenters. The molecule has 1 N–H and O–H groups in total. The molecule has 0 aliphatic heterocycles. The molecule has 0 fully saturated rings. The van der Waals surface area contributed by atoms with Crippen LogP contribution in [0, 0.1) is 11.3 Å². The molecule has 0 aromatic rings. The van der Waals surface area contributed by atoms with Crippen LogP contribution in [0.5, 0.6) is 0 Å². The van der Waals surface area contributed by atoms with E-state index in [2.05, 4.69) is 134 Å². The van der Waals surface area contributed by atoms with Gasteiger partial charge in [-0.3, -0.25) is 0 Å². The van der Waals surface area contributed by atoms with E-state index in [1.54, 1.807) is 6.07 Å². The van der Waals surface area contributed by atoms with Gasteiger partial charge in [-0.1, -0.05) is 34.8 Å². The van der Waals surface area contributed by atoms with Crippen LogP contribution in [0.2, 0.25) is 0 Å². The van der Waals surface area contributed by atoms with Crippen molar-refractivity contribution >= 4 is 74.5 Å². The van der Waals surface area contributed by atoms with Gasteiger partial charge in [0.1, 0.15) is 0 Å². The maximum Gasteiger partial charge on any atom is 1.00 e. The van der Waals surface area contributed by atoms with Crippen LogP contribution in [0.4, 0.5) is 15.5 Å². The van der Waals surface area contributed by atoms with E-state index in [9.17, 15) is 49.2 Å². The van der Waals surface area contributed by atoms with Crippen LogP contribution in [0.3, 0.4) is 0 Å². The number of nitrogens with zero attached hydrogens (tertiary/aromatic N) is 8. The summed E-state index contributed by atoms with van der Waals surface area (Å²) in [7, 11) is 3.67. The topological polar surface area (TPSA) is 199 Å². The molecule has 0 aromatic carbocycles. The van der Waals surface area contributed by atoms with Crippen LogP contribution in [-0.2, 0) is 41.6 Å². The van der Waals surface area contributed by atoms with Crippen molar-refractivity contribution in [1.82, 2.24) is 23.7 Å². The monoisotopic (exact) mass is 1040 g/mol. The summed E-state index contributed by atoms with van der Waals surface area (Å²) in [6, 6.07) is 1.75. The van der Waals surface area contributed by atoms with Crippen LogP contribution in [-0.4, -0.2) is 204 Å². The molecule has 0 saturated carbocycles. The second-order valence-electron chi connectivity index (χ2n) is 12.5. The zero-order valence-corrected chi connectivity index (χ0v) is 44.8. The van der Waals surface area contributed by atoms with E-state index < -0.39 is 41.6 Å². The van der Waals surface area contributed by atoms with Gasteiger partial charge >= 0.3 is 72.2 Å². The molecule has 330 valence electrons. The molecule has 17 nitrogen and oxygen atoms in total. The molecule has 0 aromatic heterocycles. The van der Waals surface area contributed by atoms with Crippen LogP contribution in [0.25, 0.3) is 4.13 Å². The number of alkyl halides is 1. The third-order valence-electron chi connectivity index (χ3n) is 5.39. The van der Waals surface area contributed by atoms with Gasteiger partial charge in [0, 0.05) is 38.4 Å². The Kier molecular flexibility index (Phi) is 57.8. The van der Waals surface area contributed by atoms with Crippen LogP contribution < -0.4 is 55.5 Å². The van der Waals surface area contributed by atoms with Crippen LogP contribution in [0.15, 0.2) is 0 Å². The molecule has 0 heterocycles. The number of hydrogen-bond donors (Lipinski definition) is 1. The molecule has 0 radical (unpaired) electrons. The summed E-state index contributed by atoms with van der Waals surface area (Å²) >= 11 is 3.15. The minimum atomic E-state index is -5.62. The SMILES string of the molecule is Br.CC#N.CCBr.CC[N+](C)(C)CCN(C)C.CC[N+](C)(C)CCN(C)C.CN(C)CCN(C)C.O=S(=O)(F)NS(=O)(=O)F.O=S(=O)(F)[N-]S(=O)(=O)F.[K+]. The minimum Gasteiger partial charge on any atom is -0.379 e. The number of nitrogens with one attached hydrogen (secondary N) is 1. The molecular weight excluding hydrogens is 970 g/mol. The number of hydrogen-bond acceptors (Lipinski definition) is 13. The molecule has 54 heavy (non-hydrogen) atoms. The quantitative estimate of drug-likeness (QED) is 0.0739. The first-order valence-electron chi connectivity index (χ1n) is 15.2. The van der Waals surface area contributed by atoms with Crippen LogP contribution in [0.1, 0.15) is 27.7 Å². The first kappa shape index (κ1) is 76.0. The first-order valence-corrected chi connectivity index (χ1v) is 21.8. The summed E-state index contributed by atoms with van der Waals surface area (Å²) in [5.74, 6) is 0. The zero-order chi connectivity index (χ0) is 43.8. The van der Waals surface area contributed by atoms with Gasteiger partial charge in [-0.05, 0) is 70.2 Å². The second kappa shape index (κ2) is 41.0. The van der Waals surface area contributed by atoms with Gasteiger partial charge in [-0.2, -0.15) is 22.1 Å². The molecule has 0 bridgehead atoms. The van der Waals surface area contributed by atoms with Crippen molar-refractivity contribution in [3.8, 4) is 6.07 Å². The molecule has 0 saturated heterocycles. The maximum atomic E-state index is 11.1. The third-order valence-corrected chi connectivity index (χ3v) is 8.41. The fourth-order valence-corrected chi connectivity index (χ4v) is 3.68. The molecule has 0 aliphatic carbocycles. The Morgan fingerprint density at radius 3 is 0.870 bits per heavy atom. The average molecular weight is 1040 g/mol. The van der Waals surface area contributed by atoms with Crippen molar-refractivity contribution in [2.75, 3.05) is 142 Å². The Morgan fingerprint density at radius 2 is 0.796 bits per heavy atom. The van der Waals surface area contributed by atoms with E-state index in [1.165, 1.54) is 46.2 Å². The number of quaternary nitrogens is 2. The van der Waals surface area contributed by atoms with Gasteiger partial charge < -0.3 is 32.7 Å². The van der Waals surface area contributed by atoms with Crippen LogP contribution >= 0.6 is 32.9 Å². The van der Waals surface area contributed by atoms with Crippen molar-refractivity contribution in [3.05, 3.63) is 4.13 Å². The Labute approximate surface area is 389 Å². The van der Waals surface area contributed by atoms with Gasteiger partial charge in [0.25, 0.3) is 0 Å². The molecule has 28 heteroatoms. The number of halogens is 6. The Morgan fingerprint density at radius 1 is 0.611 bits per heavy atom. The van der Waals surface area contributed by atoms with Gasteiger partial charge in [-0.15, -0.1) is 24.8 Å². The number of likely N-dealkylation sites (N-methyl/N-ethyl adjacent to an activating group) is 6. The summed E-state index contributed by atoms with van der Waals surface area (Å²) in [6.45, 7) is 17.5. The fourth-order valence-electron chi connectivity index (χ4n) is 1.88. The number of nitriles is 1. The van der Waals surface area contributed by atoms with Crippen molar-refractivity contribution in [2.45, 2.75) is 27.7 Å². The van der Waals surface area contributed by atoms with E-state index in [-0.39, 0.29) is 72.5 Å². The predicted octanol–water partition coefficient (Wildman–Crippen LogP) is -0.296. The minimum absolute atomic E-state index is 0. The maximum absolute atomic E-state index is 11.1. The Hall–Kier alpha value is 1.29. The van der Waals surface area contributed by atoms with Gasteiger partial charge in [0.05, 0.1) is 60.4 Å². The van der Waals surface area contributed by atoms with Crippen molar-refractivity contribution in [1.29, 1.82) is 5.26 Å². The summed E-state index contributed by atoms with van der Waals surface area (Å²) < 4.78 is 122. The molecule has 0 unspecified atom stereocenters. The van der Waals surface area contributed by atoms with Crippen molar-refractivity contribution in [2.24, 2.45) is 0 Å². The summed E-state index contributed by atoms with van der Waals surface area (Å²) in [4.78, 5) is 8.82. The van der Waals surface area contributed by atoms with E-state index in [4.69, 9.17) is 5.26 Å².